The molecule has 0 heterocycles. The second kappa shape index (κ2) is 9.71. The first-order valence-electron chi connectivity index (χ1n) is 7.18. The van der Waals surface area contributed by atoms with Crippen molar-refractivity contribution < 1.29 is 9.53 Å². The van der Waals surface area contributed by atoms with Gasteiger partial charge in [-0.25, -0.2) is 4.79 Å². The smallest absolute Gasteiger partial charge is 0.319 e. The van der Waals surface area contributed by atoms with Crippen LogP contribution in [0.25, 0.3) is 0 Å². The van der Waals surface area contributed by atoms with Gasteiger partial charge in [-0.3, -0.25) is 0 Å². The van der Waals surface area contributed by atoms with Gasteiger partial charge < -0.3 is 21.1 Å². The maximum Gasteiger partial charge on any atom is 0.319 e. The Hall–Kier alpha value is -2.24. The summed E-state index contributed by atoms with van der Waals surface area (Å²) < 4.78 is 5.09. The van der Waals surface area contributed by atoms with Gasteiger partial charge in [0.1, 0.15) is 5.75 Å². The minimum absolute atomic E-state index is 0. The van der Waals surface area contributed by atoms with Gasteiger partial charge in [-0.1, -0.05) is 24.3 Å². The van der Waals surface area contributed by atoms with Crippen molar-refractivity contribution in [3.63, 3.8) is 0 Å². The Morgan fingerprint density at radius 2 is 1.65 bits per heavy atom. The van der Waals surface area contributed by atoms with Crippen LogP contribution in [0.4, 0.5) is 10.5 Å². The molecule has 2 aromatic rings. The van der Waals surface area contributed by atoms with Gasteiger partial charge in [-0.2, -0.15) is 0 Å². The summed E-state index contributed by atoms with van der Waals surface area (Å²) in [6, 6.07) is 15.0. The molecule has 5 nitrogen and oxygen atoms in total. The number of hydrogen-bond donors (Lipinski definition) is 3. The number of hydrogen-bond acceptors (Lipinski definition) is 3. The third-order valence-corrected chi connectivity index (χ3v) is 3.26. The number of urea groups is 1. The molecule has 0 radical (unpaired) electrons. The van der Waals surface area contributed by atoms with E-state index >= 15 is 0 Å². The first-order valence-corrected chi connectivity index (χ1v) is 7.18. The van der Waals surface area contributed by atoms with Crippen LogP contribution in [0.5, 0.6) is 5.75 Å². The fraction of sp³-hybridized carbons (Fsp3) is 0.235. The molecule has 0 bridgehead atoms. The lowest BCUT2D eigenvalue weighted by atomic mass is 10.1. The molecular formula is C17H22ClN3O2. The second-order valence-electron chi connectivity index (χ2n) is 4.89. The standard InChI is InChI=1S/C17H21N3O2.ClH/c1-22-16-8-4-14(5-9-16)12-19-17(21)20-15-6-2-13(3-7-15)10-11-18;/h2-9H,10-12,18H2,1H3,(H2,19,20,21);1H. The van der Waals surface area contributed by atoms with Crippen LogP contribution in [0.3, 0.4) is 0 Å². The highest BCUT2D eigenvalue weighted by Gasteiger charge is 2.02. The summed E-state index contributed by atoms with van der Waals surface area (Å²) in [7, 11) is 1.62. The van der Waals surface area contributed by atoms with E-state index in [2.05, 4.69) is 10.6 Å². The number of benzene rings is 2. The molecule has 23 heavy (non-hydrogen) atoms. The number of amides is 2. The highest BCUT2D eigenvalue weighted by atomic mass is 35.5. The predicted octanol–water partition coefficient (Wildman–Crippen LogP) is 2.94. The monoisotopic (exact) mass is 335 g/mol. The van der Waals surface area contributed by atoms with Crippen LogP contribution in [0.1, 0.15) is 11.1 Å². The Bertz CT molecular complexity index is 600. The van der Waals surface area contributed by atoms with Crippen LogP contribution in [-0.2, 0) is 13.0 Å². The van der Waals surface area contributed by atoms with Gasteiger partial charge in [0, 0.05) is 12.2 Å². The average Bonchev–Trinajstić information content (AvgIpc) is 2.55. The summed E-state index contributed by atoms with van der Waals surface area (Å²) in [5, 5.41) is 5.61. The van der Waals surface area contributed by atoms with Gasteiger partial charge >= 0.3 is 6.03 Å². The SMILES string of the molecule is COc1ccc(CNC(=O)Nc2ccc(CCN)cc2)cc1.Cl. The first kappa shape index (κ1) is 18.8. The molecule has 0 aliphatic rings. The predicted molar refractivity (Wildman–Crippen MR) is 95.3 cm³/mol. The van der Waals surface area contributed by atoms with Crippen molar-refractivity contribution in [2.45, 2.75) is 13.0 Å². The number of rotatable bonds is 6. The number of nitrogens with two attached hydrogens (primary N) is 1. The maximum absolute atomic E-state index is 11.9. The number of anilines is 1. The first-order chi connectivity index (χ1) is 10.7. The van der Waals surface area contributed by atoms with E-state index in [0.717, 1.165) is 29.0 Å². The van der Waals surface area contributed by atoms with Gasteiger partial charge in [0.2, 0.25) is 0 Å². The van der Waals surface area contributed by atoms with Crippen molar-refractivity contribution >= 4 is 24.1 Å². The Morgan fingerprint density at radius 3 is 2.22 bits per heavy atom. The largest absolute Gasteiger partial charge is 0.497 e. The molecule has 0 spiro atoms. The van der Waals surface area contributed by atoms with Crippen molar-refractivity contribution in [3.05, 3.63) is 59.7 Å². The number of carbonyl (C=O) groups excluding carboxylic acids is 1. The Morgan fingerprint density at radius 1 is 1.04 bits per heavy atom. The molecule has 0 fully saturated rings. The average molecular weight is 336 g/mol. The zero-order chi connectivity index (χ0) is 15.8. The van der Waals surface area contributed by atoms with Crippen LogP contribution in [0.2, 0.25) is 0 Å². The molecule has 0 aromatic heterocycles. The van der Waals surface area contributed by atoms with Crippen molar-refractivity contribution in [2.24, 2.45) is 5.73 Å². The van der Waals surface area contributed by atoms with E-state index in [4.69, 9.17) is 10.5 Å². The molecule has 124 valence electrons. The van der Waals surface area contributed by atoms with Crippen molar-refractivity contribution in [1.82, 2.24) is 5.32 Å². The van der Waals surface area contributed by atoms with Crippen LogP contribution < -0.4 is 21.1 Å². The van der Waals surface area contributed by atoms with E-state index in [1.165, 1.54) is 0 Å². The fourth-order valence-electron chi connectivity index (χ4n) is 2.02. The second-order valence-corrected chi connectivity index (χ2v) is 4.89. The van der Waals surface area contributed by atoms with Crippen molar-refractivity contribution in [1.29, 1.82) is 0 Å². The van der Waals surface area contributed by atoms with Gasteiger partial charge in [-0.15, -0.1) is 12.4 Å². The lowest BCUT2D eigenvalue weighted by Crippen LogP contribution is -2.28. The lowest BCUT2D eigenvalue weighted by Gasteiger charge is -2.09. The van der Waals surface area contributed by atoms with Crippen molar-refractivity contribution in [2.75, 3.05) is 19.0 Å². The number of methoxy groups -OCH3 is 1. The zero-order valence-electron chi connectivity index (χ0n) is 13.0. The minimum Gasteiger partial charge on any atom is -0.497 e. The fourth-order valence-corrected chi connectivity index (χ4v) is 2.02. The Kier molecular flexibility index (Phi) is 7.94. The van der Waals surface area contributed by atoms with Gasteiger partial charge in [-0.05, 0) is 48.4 Å². The molecule has 0 atom stereocenters. The van der Waals surface area contributed by atoms with E-state index in [1.807, 2.05) is 48.5 Å². The molecule has 0 unspecified atom stereocenters. The van der Waals surface area contributed by atoms with Gasteiger partial charge in [0.25, 0.3) is 0 Å². The maximum atomic E-state index is 11.9. The molecule has 2 aromatic carbocycles. The van der Waals surface area contributed by atoms with Crippen molar-refractivity contribution in [3.8, 4) is 5.75 Å². The molecule has 0 saturated carbocycles. The van der Waals surface area contributed by atoms with E-state index < -0.39 is 0 Å². The number of nitrogens with one attached hydrogen (secondary N) is 2. The molecule has 0 aliphatic heterocycles. The van der Waals surface area contributed by atoms with Gasteiger partial charge in [0.15, 0.2) is 0 Å². The summed E-state index contributed by atoms with van der Waals surface area (Å²) in [6.07, 6.45) is 0.837. The molecule has 0 saturated heterocycles. The molecule has 2 rings (SSSR count). The quantitative estimate of drug-likeness (QED) is 0.759. The highest BCUT2D eigenvalue weighted by molar-refractivity contribution is 5.89. The van der Waals surface area contributed by atoms with Crippen LogP contribution >= 0.6 is 12.4 Å². The summed E-state index contributed by atoms with van der Waals surface area (Å²) in [5.74, 6) is 0.797. The Labute approximate surface area is 142 Å². The third kappa shape index (κ3) is 6.18. The van der Waals surface area contributed by atoms with Gasteiger partial charge in [0.05, 0.1) is 7.11 Å². The number of ether oxygens (including phenoxy) is 1. The lowest BCUT2D eigenvalue weighted by molar-refractivity contribution is 0.251. The zero-order valence-corrected chi connectivity index (χ0v) is 13.9. The van der Waals surface area contributed by atoms with E-state index in [1.54, 1.807) is 7.11 Å². The van der Waals surface area contributed by atoms with E-state index in [9.17, 15) is 4.79 Å². The number of carbonyl (C=O) groups is 1. The molecule has 0 aliphatic carbocycles. The molecule has 4 N–H and O–H groups in total. The van der Waals surface area contributed by atoms with E-state index in [0.29, 0.717) is 13.1 Å². The van der Waals surface area contributed by atoms with Crippen LogP contribution in [0, 0.1) is 0 Å². The third-order valence-electron chi connectivity index (χ3n) is 3.26. The minimum atomic E-state index is -0.234. The topological polar surface area (TPSA) is 76.4 Å². The molecule has 2 amide bonds. The summed E-state index contributed by atoms with van der Waals surface area (Å²) in [6.45, 7) is 1.08. The summed E-state index contributed by atoms with van der Waals surface area (Å²) in [5.41, 5.74) is 8.43. The van der Waals surface area contributed by atoms with Crippen LogP contribution in [-0.4, -0.2) is 19.7 Å². The number of halogens is 1. The highest BCUT2D eigenvalue weighted by Crippen LogP contribution is 2.12. The summed E-state index contributed by atoms with van der Waals surface area (Å²) >= 11 is 0. The Balaban J connectivity index is 0.00000264. The van der Waals surface area contributed by atoms with Crippen LogP contribution in [0.15, 0.2) is 48.5 Å². The summed E-state index contributed by atoms with van der Waals surface area (Å²) in [4.78, 5) is 11.9. The molecular weight excluding hydrogens is 314 g/mol. The normalized spacial score (nSPS) is 9.65. The van der Waals surface area contributed by atoms with E-state index in [-0.39, 0.29) is 18.4 Å². The molecule has 6 heteroatoms.